The largest absolute Gasteiger partial charge is 0.306 e. The van der Waals surface area contributed by atoms with Gasteiger partial charge in [0.1, 0.15) is 7.85 Å². The number of nitrogens with zero attached hydrogens (tertiary/aromatic N) is 1. The van der Waals surface area contributed by atoms with Crippen molar-refractivity contribution in [1.29, 1.82) is 0 Å². The molecule has 0 saturated carbocycles. The summed E-state index contributed by atoms with van der Waals surface area (Å²) < 4.78 is 0. The molecule has 0 aromatic heterocycles. The molecule has 1 rings (SSSR count). The Morgan fingerprint density at radius 1 is 1.22 bits per heavy atom. The average molecular weight is 251 g/mol. The third-order valence-electron chi connectivity index (χ3n) is 4.64. The van der Waals surface area contributed by atoms with E-state index < -0.39 is 0 Å². The maximum Gasteiger partial charge on any atom is 0.123 e. The van der Waals surface area contributed by atoms with Gasteiger partial charge in [0.25, 0.3) is 0 Å². The van der Waals surface area contributed by atoms with Crippen molar-refractivity contribution in [3.63, 3.8) is 0 Å². The molecule has 0 amide bonds. The third-order valence-corrected chi connectivity index (χ3v) is 4.64. The summed E-state index contributed by atoms with van der Waals surface area (Å²) >= 11 is 0. The minimum atomic E-state index is 0.542. The first-order valence-electron chi connectivity index (χ1n) is 7.99. The molecular weight excluding hydrogens is 217 g/mol. The van der Waals surface area contributed by atoms with E-state index in [1.54, 1.807) is 0 Å². The molecule has 1 saturated heterocycles. The third kappa shape index (κ3) is 4.61. The second kappa shape index (κ2) is 6.46. The normalized spacial score (nSPS) is 35.8. The Bertz CT molecular complexity index is 251. The van der Waals surface area contributed by atoms with Crippen molar-refractivity contribution < 1.29 is 0 Å². The van der Waals surface area contributed by atoms with Gasteiger partial charge in [-0.1, -0.05) is 27.7 Å². The Balaban J connectivity index is 2.80. The van der Waals surface area contributed by atoms with Crippen molar-refractivity contribution >= 4 is 7.85 Å². The molecule has 3 unspecified atom stereocenters. The van der Waals surface area contributed by atoms with Gasteiger partial charge < -0.3 is 4.90 Å². The van der Waals surface area contributed by atoms with Gasteiger partial charge in [-0.2, -0.15) is 0 Å². The number of hydrogen-bond acceptors (Lipinski definition) is 1. The number of hydrogen-bond donors (Lipinski definition) is 0. The van der Waals surface area contributed by atoms with E-state index >= 15 is 0 Å². The SMILES string of the molecule is BC1CC(C)(CC(C)C)CC(C)CCN1C(C)C. The maximum atomic E-state index is 2.72. The molecule has 1 aliphatic rings. The molecule has 0 spiro atoms. The Kier molecular flexibility index (Phi) is 5.77. The predicted molar refractivity (Wildman–Crippen MR) is 84.8 cm³/mol. The van der Waals surface area contributed by atoms with Gasteiger partial charge in [-0.3, -0.25) is 0 Å². The van der Waals surface area contributed by atoms with Crippen LogP contribution in [-0.4, -0.2) is 31.3 Å². The molecule has 0 bridgehead atoms. The highest BCUT2D eigenvalue weighted by atomic mass is 15.2. The zero-order valence-electron chi connectivity index (χ0n) is 13.8. The summed E-state index contributed by atoms with van der Waals surface area (Å²) in [4.78, 5) is 2.72. The summed E-state index contributed by atoms with van der Waals surface area (Å²) in [5.41, 5.74) is 0.542. The summed E-state index contributed by atoms with van der Waals surface area (Å²) in [6, 6.07) is 0.689. The topological polar surface area (TPSA) is 3.24 Å². The summed E-state index contributed by atoms with van der Waals surface area (Å²) in [6.07, 6.45) is 5.54. The van der Waals surface area contributed by atoms with E-state index in [-0.39, 0.29) is 0 Å². The van der Waals surface area contributed by atoms with Gasteiger partial charge in [-0.05, 0) is 69.3 Å². The van der Waals surface area contributed by atoms with Gasteiger partial charge in [0.2, 0.25) is 0 Å². The first-order valence-corrected chi connectivity index (χ1v) is 7.99. The summed E-state index contributed by atoms with van der Waals surface area (Å²) in [6.45, 7) is 15.7. The van der Waals surface area contributed by atoms with Crippen LogP contribution in [0.5, 0.6) is 0 Å². The lowest BCUT2D eigenvalue weighted by atomic mass is 9.66. The molecule has 1 aliphatic heterocycles. The van der Waals surface area contributed by atoms with Crippen LogP contribution >= 0.6 is 0 Å². The fraction of sp³-hybridized carbons (Fsp3) is 1.00. The van der Waals surface area contributed by atoms with Crippen LogP contribution in [0.3, 0.4) is 0 Å². The van der Waals surface area contributed by atoms with Crippen LogP contribution in [0.15, 0.2) is 0 Å². The van der Waals surface area contributed by atoms with Gasteiger partial charge in [0.05, 0.1) is 0 Å². The predicted octanol–water partition coefficient (Wildman–Crippen LogP) is 3.53. The van der Waals surface area contributed by atoms with Crippen LogP contribution in [0.1, 0.15) is 67.2 Å². The van der Waals surface area contributed by atoms with E-state index in [0.717, 1.165) is 17.8 Å². The monoisotopic (exact) mass is 251 g/mol. The minimum absolute atomic E-state index is 0.542. The molecule has 1 heterocycles. The van der Waals surface area contributed by atoms with Gasteiger partial charge in [-0.25, -0.2) is 0 Å². The lowest BCUT2D eigenvalue weighted by Crippen LogP contribution is -2.46. The van der Waals surface area contributed by atoms with Crippen LogP contribution in [0.25, 0.3) is 0 Å². The fourth-order valence-electron chi connectivity index (χ4n) is 4.37. The summed E-state index contributed by atoms with van der Waals surface area (Å²) in [7, 11) is 2.44. The molecule has 1 fully saturated rings. The second-order valence-electron chi connectivity index (χ2n) is 7.89. The molecule has 0 N–H and O–H groups in total. The van der Waals surface area contributed by atoms with E-state index in [2.05, 4.69) is 54.3 Å². The highest BCUT2D eigenvalue weighted by Gasteiger charge is 2.33. The zero-order chi connectivity index (χ0) is 13.9. The summed E-state index contributed by atoms with van der Waals surface area (Å²) in [5.74, 6) is 2.44. The van der Waals surface area contributed by atoms with Crippen LogP contribution in [0.4, 0.5) is 0 Å². The second-order valence-corrected chi connectivity index (χ2v) is 7.89. The summed E-state index contributed by atoms with van der Waals surface area (Å²) in [5, 5.41) is 0. The number of rotatable bonds is 3. The van der Waals surface area contributed by atoms with Crippen molar-refractivity contribution in [2.75, 3.05) is 6.54 Å². The molecule has 2 heteroatoms. The highest BCUT2D eigenvalue weighted by molar-refractivity contribution is 6.11. The van der Waals surface area contributed by atoms with Crippen LogP contribution in [0, 0.1) is 17.3 Å². The standard InChI is InChI=1S/C16H34BN/c1-12(2)9-16(6)10-14(5)7-8-18(13(3)4)15(17)11-16/h12-15H,7-11,17H2,1-6H3. The van der Waals surface area contributed by atoms with E-state index in [9.17, 15) is 0 Å². The van der Waals surface area contributed by atoms with Crippen molar-refractivity contribution in [3.05, 3.63) is 0 Å². The average Bonchev–Trinajstić information content (AvgIpc) is 2.12. The zero-order valence-corrected chi connectivity index (χ0v) is 13.8. The fourth-order valence-corrected chi connectivity index (χ4v) is 4.37. The highest BCUT2D eigenvalue weighted by Crippen LogP contribution is 2.40. The van der Waals surface area contributed by atoms with Crippen molar-refractivity contribution in [3.8, 4) is 0 Å². The van der Waals surface area contributed by atoms with E-state index in [4.69, 9.17) is 0 Å². The van der Waals surface area contributed by atoms with Gasteiger partial charge in [0, 0.05) is 6.04 Å². The molecule has 106 valence electrons. The molecule has 0 aromatic carbocycles. The van der Waals surface area contributed by atoms with Crippen molar-refractivity contribution in [2.24, 2.45) is 17.3 Å². The maximum absolute atomic E-state index is 2.72. The quantitative estimate of drug-likeness (QED) is 0.694. The molecule has 0 aromatic rings. The van der Waals surface area contributed by atoms with Crippen LogP contribution in [0.2, 0.25) is 0 Å². The molecular formula is C16H34BN. The molecule has 18 heavy (non-hydrogen) atoms. The van der Waals surface area contributed by atoms with Gasteiger partial charge >= 0.3 is 0 Å². The first kappa shape index (κ1) is 16.1. The molecule has 1 nitrogen and oxygen atoms in total. The van der Waals surface area contributed by atoms with Crippen molar-refractivity contribution in [1.82, 2.24) is 4.90 Å². The van der Waals surface area contributed by atoms with Gasteiger partial charge in [0.15, 0.2) is 0 Å². The van der Waals surface area contributed by atoms with E-state index in [1.807, 2.05) is 0 Å². The Morgan fingerprint density at radius 3 is 2.33 bits per heavy atom. The Morgan fingerprint density at radius 2 is 1.83 bits per heavy atom. The Hall–Kier alpha value is 0.0249. The van der Waals surface area contributed by atoms with Gasteiger partial charge in [-0.15, -0.1) is 0 Å². The van der Waals surface area contributed by atoms with E-state index in [0.29, 0.717) is 11.5 Å². The molecule has 0 aliphatic carbocycles. The Labute approximate surface area is 116 Å². The lowest BCUT2D eigenvalue weighted by molar-refractivity contribution is 0.0829. The smallest absolute Gasteiger partial charge is 0.123 e. The van der Waals surface area contributed by atoms with Crippen LogP contribution < -0.4 is 0 Å². The first-order chi connectivity index (χ1) is 8.23. The molecule has 0 radical (unpaired) electrons. The van der Waals surface area contributed by atoms with Crippen LogP contribution in [-0.2, 0) is 0 Å². The lowest BCUT2D eigenvalue weighted by Gasteiger charge is -2.44. The number of likely N-dealkylation sites (tertiary alicyclic amines) is 1. The molecule has 3 atom stereocenters. The van der Waals surface area contributed by atoms with E-state index in [1.165, 1.54) is 32.2 Å². The minimum Gasteiger partial charge on any atom is -0.306 e. The van der Waals surface area contributed by atoms with Crippen molar-refractivity contribution in [2.45, 2.75) is 79.2 Å².